The maximum absolute atomic E-state index is 13.5. The summed E-state index contributed by atoms with van der Waals surface area (Å²) in [6, 6.07) is 0. The van der Waals surface area contributed by atoms with Gasteiger partial charge >= 0.3 is 233 Å². The van der Waals surface area contributed by atoms with Gasteiger partial charge in [0.1, 0.15) is 0 Å². The van der Waals surface area contributed by atoms with Crippen molar-refractivity contribution in [2.75, 3.05) is 39.6 Å². The summed E-state index contributed by atoms with van der Waals surface area (Å²) in [6.45, 7) is 16.3. The normalized spacial score (nSPS) is 15.7. The van der Waals surface area contributed by atoms with Crippen LogP contribution in [0.4, 0.5) is 0 Å². The Morgan fingerprint density at radius 3 is 0.757 bits per heavy atom. The molecule has 0 saturated heterocycles. The number of hydrogen-bond acceptors (Lipinski definition) is 12. The molecule has 0 spiro atoms. The van der Waals surface area contributed by atoms with E-state index in [1.54, 1.807) is 62.3 Å². The number of rotatable bonds is 24. The van der Waals surface area contributed by atoms with Crippen molar-refractivity contribution in [2.45, 2.75) is 99.1 Å². The van der Waals surface area contributed by atoms with Crippen LogP contribution in [-0.2, 0) is 49.9 Å². The molecule has 0 N–H and O–H groups in total. The molecule has 0 saturated carbocycles. The summed E-state index contributed by atoms with van der Waals surface area (Å²) < 4.78 is 92.2. The van der Waals surface area contributed by atoms with Gasteiger partial charge in [-0.15, -0.1) is 0 Å². The van der Waals surface area contributed by atoms with E-state index in [1.807, 2.05) is 0 Å². The Hall–Kier alpha value is 1.15. The first-order valence-electron chi connectivity index (χ1n) is 13.0. The fourth-order valence-corrected chi connectivity index (χ4v) is 16.1. The van der Waals surface area contributed by atoms with E-state index in [9.17, 15) is 13.7 Å². The Morgan fingerprint density at radius 1 is 0.432 bits per heavy atom. The van der Waals surface area contributed by atoms with Crippen LogP contribution >= 0.6 is 22.8 Å². The van der Waals surface area contributed by atoms with Crippen LogP contribution in [0.3, 0.4) is 0 Å². The molecule has 0 aromatic heterocycles. The summed E-state index contributed by atoms with van der Waals surface area (Å²) in [6.07, 6.45) is 0.754. The van der Waals surface area contributed by atoms with Crippen LogP contribution in [0.5, 0.6) is 0 Å². The second-order valence-corrected chi connectivity index (χ2v) is 16.9. The number of hydrogen-bond donors (Lipinski definition) is 0. The van der Waals surface area contributed by atoms with Gasteiger partial charge in [0, 0.05) is 0 Å². The third kappa shape index (κ3) is 12.3. The summed E-state index contributed by atoms with van der Waals surface area (Å²) in [7, 11) is -11.2. The molecule has 0 aromatic rings. The average Bonchev–Trinajstić information content (AvgIpc) is 2.84. The predicted molar refractivity (Wildman–Crippen MR) is 144 cm³/mol. The fourth-order valence-electron chi connectivity index (χ4n) is 3.13. The summed E-state index contributed by atoms with van der Waals surface area (Å²) >= 11 is -3.98. The molecule has 0 bridgehead atoms. The quantitative estimate of drug-likeness (QED) is 0.0754. The van der Waals surface area contributed by atoms with Crippen molar-refractivity contribution in [3.05, 3.63) is 0 Å². The van der Waals surface area contributed by atoms with Crippen molar-refractivity contribution in [2.24, 2.45) is 0 Å². The molecule has 224 valence electrons. The minimum absolute atomic E-state index is 0.138. The molecule has 3 unspecified atom stereocenters. The van der Waals surface area contributed by atoms with Crippen LogP contribution in [0, 0.1) is 0 Å². The molecule has 0 rings (SSSR count). The molecule has 0 heterocycles. The predicted octanol–water partition coefficient (Wildman–Crippen LogP) is 7.03. The van der Waals surface area contributed by atoms with Crippen LogP contribution in [0.15, 0.2) is 0 Å². The summed E-state index contributed by atoms with van der Waals surface area (Å²) in [5, 5.41) is 0. The third-order valence-electron chi connectivity index (χ3n) is 4.58. The second kappa shape index (κ2) is 20.1. The minimum atomic E-state index is -3.98. The van der Waals surface area contributed by atoms with Crippen molar-refractivity contribution in [3.8, 4) is 0 Å². The van der Waals surface area contributed by atoms with Gasteiger partial charge in [0.05, 0.1) is 0 Å². The molecule has 37 heavy (non-hydrogen) atoms. The Bertz CT molecular complexity index is 618. The first kappa shape index (κ1) is 38.1. The topological polar surface area (TPSA) is 134 Å². The van der Waals surface area contributed by atoms with Crippen LogP contribution < -0.4 is 0 Å². The Kier molecular flexibility index (Phi) is 20.7. The summed E-state index contributed by atoms with van der Waals surface area (Å²) in [5.74, 6) is -3.08. The molecule has 0 radical (unpaired) electrons. The average molecular weight is 707 g/mol. The Labute approximate surface area is 232 Å². The molecule has 0 aromatic carbocycles. The molecule has 3 atom stereocenters. The van der Waals surface area contributed by atoms with E-state index in [0.29, 0.717) is 0 Å². The van der Waals surface area contributed by atoms with E-state index >= 15 is 0 Å². The molecule has 16 heteroatoms. The van der Waals surface area contributed by atoms with Gasteiger partial charge in [0.2, 0.25) is 0 Å². The van der Waals surface area contributed by atoms with Gasteiger partial charge < -0.3 is 0 Å². The Balaban J connectivity index is 6.44. The van der Waals surface area contributed by atoms with Crippen LogP contribution in [-0.4, -0.2) is 78.6 Å². The zero-order chi connectivity index (χ0) is 28.5. The van der Waals surface area contributed by atoms with Gasteiger partial charge in [-0.25, -0.2) is 0 Å². The van der Waals surface area contributed by atoms with Gasteiger partial charge in [0.25, 0.3) is 0 Å². The van der Waals surface area contributed by atoms with E-state index < -0.39 is 61.8 Å². The van der Waals surface area contributed by atoms with Crippen LogP contribution in [0.1, 0.15) is 81.6 Å². The molecular weight excluding hydrogens is 659 g/mol. The van der Waals surface area contributed by atoms with E-state index in [2.05, 4.69) is 0 Å². The molecule has 0 amide bonds. The van der Waals surface area contributed by atoms with E-state index in [4.69, 9.17) is 36.2 Å². The van der Waals surface area contributed by atoms with Crippen molar-refractivity contribution in [1.82, 2.24) is 0 Å². The molecule has 0 fully saturated rings. The van der Waals surface area contributed by atoms with Gasteiger partial charge in [0.15, 0.2) is 0 Å². The molecule has 0 aliphatic carbocycles. The molecule has 0 aliphatic rings. The SMILES string of the molecule is CCOP(=O)(OCC)C(CC)[O][Sb]([O]C(CC)P(=O)(OCC)OCC)[O]C(CC)P(=O)(OCC)OCC. The maximum atomic E-state index is 13.5. The molecule has 12 nitrogen and oxygen atoms in total. The van der Waals surface area contributed by atoms with Gasteiger partial charge in [-0.3, -0.25) is 0 Å². The third-order valence-corrected chi connectivity index (χ3v) is 17.0. The first-order valence-corrected chi connectivity index (χ1v) is 21.0. The van der Waals surface area contributed by atoms with Gasteiger partial charge in [-0.2, -0.15) is 0 Å². The van der Waals surface area contributed by atoms with Gasteiger partial charge in [-0.1, -0.05) is 0 Å². The summed E-state index contributed by atoms with van der Waals surface area (Å²) in [4.78, 5) is 0. The van der Waals surface area contributed by atoms with Crippen molar-refractivity contribution in [3.63, 3.8) is 0 Å². The van der Waals surface area contributed by atoms with Crippen LogP contribution in [0.2, 0.25) is 0 Å². The van der Waals surface area contributed by atoms with E-state index in [1.165, 1.54) is 0 Å². The second-order valence-electron chi connectivity index (χ2n) is 7.25. The fraction of sp³-hybridized carbons (Fsp3) is 1.00. The molecular formula is C21H48O12P3Sb. The zero-order valence-electron chi connectivity index (χ0n) is 23.8. The summed E-state index contributed by atoms with van der Waals surface area (Å²) in [5.41, 5.74) is 0. The molecule has 0 aliphatic heterocycles. The standard InChI is InChI=1S/3C7H16O4P.Sb/c3*1-4-7(8)12(9,10-5-2)11-6-3;/h3*7H,4-6H2,1-3H3;/q3*-1;+3. The van der Waals surface area contributed by atoms with Crippen molar-refractivity contribution in [1.29, 1.82) is 0 Å². The Morgan fingerprint density at radius 2 is 0.622 bits per heavy atom. The van der Waals surface area contributed by atoms with Crippen LogP contribution in [0.25, 0.3) is 0 Å². The zero-order valence-corrected chi connectivity index (χ0v) is 29.0. The van der Waals surface area contributed by atoms with Crippen molar-refractivity contribution < 1.29 is 49.9 Å². The monoisotopic (exact) mass is 706 g/mol. The first-order chi connectivity index (χ1) is 17.5. The van der Waals surface area contributed by atoms with Crippen molar-refractivity contribution >= 4 is 44.3 Å². The van der Waals surface area contributed by atoms with E-state index in [-0.39, 0.29) is 58.9 Å². The van der Waals surface area contributed by atoms with E-state index in [0.717, 1.165) is 0 Å². The van der Waals surface area contributed by atoms with Gasteiger partial charge in [-0.05, 0) is 0 Å².